The average molecular weight is 271 g/mol. The number of aliphatic carboxylic acids is 1. The van der Waals surface area contributed by atoms with Crippen LogP contribution < -0.4 is 11.1 Å². The quantitative estimate of drug-likeness (QED) is 0.666. The molecule has 3 amide bonds. The van der Waals surface area contributed by atoms with Crippen LogP contribution in [-0.4, -0.2) is 41.0 Å². The van der Waals surface area contributed by atoms with Crippen LogP contribution in [0.4, 0.5) is 4.79 Å². The summed E-state index contributed by atoms with van der Waals surface area (Å²) in [5.41, 5.74) is 4.95. The number of nitrogens with one attached hydrogen (secondary N) is 1. The molecule has 0 aromatic carbocycles. The summed E-state index contributed by atoms with van der Waals surface area (Å²) in [5.74, 6) is -1.97. The minimum absolute atomic E-state index is 0.283. The molecule has 0 atom stereocenters. The highest BCUT2D eigenvalue weighted by Crippen LogP contribution is 2.07. The summed E-state index contributed by atoms with van der Waals surface area (Å²) >= 11 is 1.46. The Morgan fingerprint density at radius 3 is 2.61 bits per heavy atom. The number of hydrogen-bond acceptors (Lipinski definition) is 4. The van der Waals surface area contributed by atoms with Crippen LogP contribution in [0, 0.1) is 0 Å². The summed E-state index contributed by atoms with van der Waals surface area (Å²) in [4.78, 5) is 34.7. The van der Waals surface area contributed by atoms with Crippen LogP contribution in [0.3, 0.4) is 0 Å². The number of primary amides is 1. The number of nitrogens with two attached hydrogens (primary N) is 1. The first-order valence-electron chi connectivity index (χ1n) is 5.04. The molecule has 0 radical (unpaired) electrons. The average Bonchev–Trinajstić information content (AvgIpc) is 2.76. The van der Waals surface area contributed by atoms with E-state index >= 15 is 0 Å². The highest BCUT2D eigenvalue weighted by Gasteiger charge is 2.18. The molecule has 8 heteroatoms. The first-order chi connectivity index (χ1) is 8.49. The van der Waals surface area contributed by atoms with Gasteiger partial charge in [0.1, 0.15) is 13.1 Å². The summed E-state index contributed by atoms with van der Waals surface area (Å²) in [6.45, 7) is -0.715. The Hall–Kier alpha value is -2.09. The van der Waals surface area contributed by atoms with Gasteiger partial charge in [-0.05, 0) is 11.4 Å². The van der Waals surface area contributed by atoms with E-state index in [0.29, 0.717) is 0 Å². The van der Waals surface area contributed by atoms with E-state index in [1.54, 1.807) is 0 Å². The number of carbonyl (C=O) groups is 3. The van der Waals surface area contributed by atoms with Crippen LogP contribution in [0.5, 0.6) is 0 Å². The lowest BCUT2D eigenvalue weighted by Gasteiger charge is -2.19. The van der Waals surface area contributed by atoms with Crippen molar-refractivity contribution in [3.8, 4) is 0 Å². The Balaban J connectivity index is 2.52. The normalized spacial score (nSPS) is 9.78. The van der Waals surface area contributed by atoms with Crippen molar-refractivity contribution in [2.75, 3.05) is 13.1 Å². The number of urea groups is 1. The van der Waals surface area contributed by atoms with Crippen LogP contribution in [0.25, 0.3) is 0 Å². The van der Waals surface area contributed by atoms with Crippen LogP contribution in [-0.2, 0) is 16.1 Å². The zero-order chi connectivity index (χ0) is 13.5. The number of carboxylic acid groups (broad SMARTS) is 1. The Morgan fingerprint density at radius 2 is 2.11 bits per heavy atom. The van der Waals surface area contributed by atoms with E-state index in [1.807, 2.05) is 17.5 Å². The topological polar surface area (TPSA) is 113 Å². The second kappa shape index (κ2) is 6.60. The summed E-state index contributed by atoms with van der Waals surface area (Å²) in [6, 6.07) is 3.04. The number of thiophene rings is 1. The van der Waals surface area contributed by atoms with Gasteiger partial charge in [-0.3, -0.25) is 9.59 Å². The number of rotatable bonds is 6. The molecule has 0 spiro atoms. The first-order valence-corrected chi connectivity index (χ1v) is 5.92. The molecule has 1 heterocycles. The molecule has 0 bridgehead atoms. The zero-order valence-electron chi connectivity index (χ0n) is 9.46. The van der Waals surface area contributed by atoms with E-state index in [0.717, 1.165) is 9.78 Å². The van der Waals surface area contributed by atoms with Gasteiger partial charge in [-0.2, -0.15) is 0 Å². The molecule has 4 N–H and O–H groups in total. The maximum Gasteiger partial charge on any atom is 0.323 e. The second-order valence-electron chi connectivity index (χ2n) is 3.45. The largest absolute Gasteiger partial charge is 0.480 e. The Labute approximate surface area is 107 Å². The molecule has 1 aromatic rings. The highest BCUT2D eigenvalue weighted by atomic mass is 32.1. The van der Waals surface area contributed by atoms with Crippen molar-refractivity contribution in [1.82, 2.24) is 10.2 Å². The number of nitrogens with zero attached hydrogens (tertiary/aromatic N) is 1. The molecule has 18 heavy (non-hydrogen) atoms. The van der Waals surface area contributed by atoms with Gasteiger partial charge in [0, 0.05) is 4.88 Å². The van der Waals surface area contributed by atoms with Crippen molar-refractivity contribution in [3.63, 3.8) is 0 Å². The van der Waals surface area contributed by atoms with Crippen molar-refractivity contribution in [1.29, 1.82) is 0 Å². The SMILES string of the molecule is NC(=O)CN(CC(=O)O)C(=O)NCc1cccs1. The molecule has 0 aliphatic heterocycles. The Bertz CT molecular complexity index is 416. The van der Waals surface area contributed by atoms with Crippen molar-refractivity contribution in [2.45, 2.75) is 6.54 Å². The van der Waals surface area contributed by atoms with E-state index in [2.05, 4.69) is 5.32 Å². The molecule has 0 unspecified atom stereocenters. The summed E-state index contributed by atoms with van der Waals surface area (Å²) < 4.78 is 0. The van der Waals surface area contributed by atoms with Crippen molar-refractivity contribution in [2.24, 2.45) is 5.73 Å². The van der Waals surface area contributed by atoms with Crippen molar-refractivity contribution < 1.29 is 19.5 Å². The van der Waals surface area contributed by atoms with Gasteiger partial charge in [-0.1, -0.05) is 6.07 Å². The van der Waals surface area contributed by atoms with E-state index in [4.69, 9.17) is 10.8 Å². The molecular formula is C10H13N3O4S. The van der Waals surface area contributed by atoms with Gasteiger partial charge in [0.15, 0.2) is 0 Å². The van der Waals surface area contributed by atoms with Gasteiger partial charge in [0.2, 0.25) is 5.91 Å². The number of hydrogen-bond donors (Lipinski definition) is 3. The van der Waals surface area contributed by atoms with Gasteiger partial charge < -0.3 is 21.1 Å². The minimum atomic E-state index is -1.21. The third-order valence-corrected chi connectivity index (χ3v) is 2.83. The summed E-state index contributed by atoms with van der Waals surface area (Å²) in [7, 11) is 0. The first kappa shape index (κ1) is 14.0. The number of amides is 3. The van der Waals surface area contributed by atoms with Gasteiger partial charge in [-0.25, -0.2) is 4.79 Å². The van der Waals surface area contributed by atoms with Crippen molar-refractivity contribution in [3.05, 3.63) is 22.4 Å². The van der Waals surface area contributed by atoms with Crippen LogP contribution in [0.15, 0.2) is 17.5 Å². The number of carbonyl (C=O) groups excluding carboxylic acids is 2. The Kier molecular flexibility index (Phi) is 5.12. The molecule has 1 aromatic heterocycles. The molecule has 98 valence electrons. The van der Waals surface area contributed by atoms with Gasteiger partial charge in [0.25, 0.3) is 0 Å². The molecule has 0 fully saturated rings. The van der Waals surface area contributed by atoms with Crippen LogP contribution in [0.2, 0.25) is 0 Å². The highest BCUT2D eigenvalue weighted by molar-refractivity contribution is 7.09. The fraction of sp³-hybridized carbons (Fsp3) is 0.300. The fourth-order valence-electron chi connectivity index (χ4n) is 1.24. The third-order valence-electron chi connectivity index (χ3n) is 1.95. The maximum absolute atomic E-state index is 11.7. The number of carboxylic acids is 1. The standard InChI is InChI=1S/C10H13N3O4S/c11-8(14)5-13(6-9(15)16)10(17)12-4-7-2-1-3-18-7/h1-3H,4-6H2,(H2,11,14)(H,12,17)(H,15,16). The van der Waals surface area contributed by atoms with E-state index < -0.39 is 31.0 Å². The van der Waals surface area contributed by atoms with Crippen LogP contribution >= 0.6 is 11.3 Å². The van der Waals surface area contributed by atoms with Gasteiger partial charge >= 0.3 is 12.0 Å². The van der Waals surface area contributed by atoms with E-state index in [-0.39, 0.29) is 6.54 Å². The van der Waals surface area contributed by atoms with Crippen LogP contribution in [0.1, 0.15) is 4.88 Å². The molecule has 7 nitrogen and oxygen atoms in total. The monoisotopic (exact) mass is 271 g/mol. The predicted molar refractivity (Wildman–Crippen MR) is 65.0 cm³/mol. The minimum Gasteiger partial charge on any atom is -0.480 e. The maximum atomic E-state index is 11.7. The molecule has 0 aliphatic rings. The smallest absolute Gasteiger partial charge is 0.323 e. The summed E-state index contributed by atoms with van der Waals surface area (Å²) in [6.07, 6.45) is 0. The molecule has 0 aliphatic carbocycles. The molecular weight excluding hydrogens is 258 g/mol. The van der Waals surface area contributed by atoms with Gasteiger partial charge in [-0.15, -0.1) is 11.3 Å². The molecule has 0 saturated heterocycles. The predicted octanol–water partition coefficient (Wildman–Crippen LogP) is -0.170. The lowest BCUT2D eigenvalue weighted by Crippen LogP contribution is -2.46. The van der Waals surface area contributed by atoms with Gasteiger partial charge in [0.05, 0.1) is 6.54 Å². The van der Waals surface area contributed by atoms with Crippen molar-refractivity contribution >= 4 is 29.2 Å². The molecule has 1 rings (SSSR count). The second-order valence-corrected chi connectivity index (χ2v) is 4.49. The third kappa shape index (κ3) is 4.83. The van der Waals surface area contributed by atoms with E-state index in [1.165, 1.54) is 11.3 Å². The Morgan fingerprint density at radius 1 is 1.39 bits per heavy atom. The van der Waals surface area contributed by atoms with E-state index in [9.17, 15) is 14.4 Å². The molecule has 0 saturated carbocycles. The fourth-order valence-corrected chi connectivity index (χ4v) is 1.88. The zero-order valence-corrected chi connectivity index (χ0v) is 10.3. The lowest BCUT2D eigenvalue weighted by molar-refractivity contribution is -0.137. The lowest BCUT2D eigenvalue weighted by atomic mass is 10.4. The summed E-state index contributed by atoms with van der Waals surface area (Å²) in [5, 5.41) is 13.0.